The maximum atomic E-state index is 13.1. The topological polar surface area (TPSA) is 45.2 Å². The highest BCUT2D eigenvalue weighted by molar-refractivity contribution is 6.05. The number of rotatable bonds is 5. The Balaban J connectivity index is 1.28. The van der Waals surface area contributed by atoms with E-state index in [0.717, 1.165) is 28.6 Å². The maximum absolute atomic E-state index is 13.1. The van der Waals surface area contributed by atoms with Gasteiger partial charge in [0.05, 0.1) is 17.4 Å². The van der Waals surface area contributed by atoms with Gasteiger partial charge in [0.1, 0.15) is 5.82 Å². The second-order valence-corrected chi connectivity index (χ2v) is 8.19. The fourth-order valence-electron chi connectivity index (χ4n) is 4.11. The number of anilines is 1. The molecule has 0 spiro atoms. The van der Waals surface area contributed by atoms with E-state index in [1.807, 2.05) is 12.1 Å². The van der Waals surface area contributed by atoms with Crippen LogP contribution in [-0.4, -0.2) is 28.9 Å². The van der Waals surface area contributed by atoms with Crippen molar-refractivity contribution in [2.45, 2.75) is 19.4 Å². The van der Waals surface area contributed by atoms with Crippen molar-refractivity contribution in [3.05, 3.63) is 95.9 Å². The molecule has 0 saturated carbocycles. The fraction of sp³-hybridized carbons (Fsp3) is 0.185. The molecule has 4 nitrogen and oxygen atoms in total. The van der Waals surface area contributed by atoms with Gasteiger partial charge in [0.2, 0.25) is 0 Å². The van der Waals surface area contributed by atoms with E-state index in [1.165, 1.54) is 43.6 Å². The SMILES string of the molecule is O=C(Nc1cnc2cc(CN3CCCC3)ccc2c1)c1c[c]c(-c2ccc(F)cc2)cc1. The molecule has 1 N–H and O–H groups in total. The Bertz CT molecular complexity index is 1250. The summed E-state index contributed by atoms with van der Waals surface area (Å²) < 4.78 is 13.1. The molecule has 32 heavy (non-hydrogen) atoms. The van der Waals surface area contributed by atoms with Crippen LogP contribution in [0.3, 0.4) is 0 Å². The van der Waals surface area contributed by atoms with E-state index >= 15 is 0 Å². The minimum atomic E-state index is -0.281. The van der Waals surface area contributed by atoms with Crippen molar-refractivity contribution in [3.63, 3.8) is 0 Å². The summed E-state index contributed by atoms with van der Waals surface area (Å²) in [6.45, 7) is 3.29. The molecule has 4 aromatic rings. The molecule has 0 bridgehead atoms. The molecule has 1 amide bonds. The quantitative estimate of drug-likeness (QED) is 0.448. The molecule has 5 heteroatoms. The summed E-state index contributed by atoms with van der Waals surface area (Å²) in [4.78, 5) is 19.7. The third-order valence-corrected chi connectivity index (χ3v) is 5.84. The number of likely N-dealkylation sites (tertiary alicyclic amines) is 1. The van der Waals surface area contributed by atoms with Gasteiger partial charge in [-0.05, 0) is 85.1 Å². The normalized spacial score (nSPS) is 14.0. The lowest BCUT2D eigenvalue weighted by Gasteiger charge is -2.15. The van der Waals surface area contributed by atoms with Crippen molar-refractivity contribution < 1.29 is 9.18 Å². The summed E-state index contributed by atoms with van der Waals surface area (Å²) in [5, 5.41) is 3.90. The number of aromatic nitrogens is 1. The molecule has 1 aliphatic rings. The standard InChI is InChI=1S/C27H23FN3O/c28-24-11-9-21(10-12-24)20-5-7-22(8-6-20)27(32)30-25-16-23-4-3-19(15-26(23)29-17-25)18-31-13-1-2-14-31/h3-5,7-12,15-17H,1-2,13-14,18H2,(H,30,32). The van der Waals surface area contributed by atoms with E-state index < -0.39 is 0 Å². The Morgan fingerprint density at radius 1 is 1.03 bits per heavy atom. The lowest BCUT2D eigenvalue weighted by atomic mass is 10.0. The largest absolute Gasteiger partial charge is 0.321 e. The number of pyridine rings is 1. The number of nitrogens with one attached hydrogen (secondary N) is 1. The molecule has 0 aliphatic carbocycles. The van der Waals surface area contributed by atoms with Crippen LogP contribution in [0.15, 0.2) is 72.9 Å². The van der Waals surface area contributed by atoms with E-state index in [4.69, 9.17) is 0 Å². The van der Waals surface area contributed by atoms with Crippen LogP contribution in [0.2, 0.25) is 0 Å². The third kappa shape index (κ3) is 4.53. The first-order valence-electron chi connectivity index (χ1n) is 10.8. The number of hydrogen-bond acceptors (Lipinski definition) is 3. The summed E-state index contributed by atoms with van der Waals surface area (Å²) in [6.07, 6.45) is 4.25. The lowest BCUT2D eigenvalue weighted by molar-refractivity contribution is 0.102. The van der Waals surface area contributed by atoms with Crippen molar-refractivity contribution in [2.75, 3.05) is 18.4 Å². The lowest BCUT2D eigenvalue weighted by Crippen LogP contribution is -2.18. The van der Waals surface area contributed by atoms with Crippen molar-refractivity contribution in [2.24, 2.45) is 0 Å². The van der Waals surface area contributed by atoms with Gasteiger partial charge in [-0.25, -0.2) is 4.39 Å². The summed E-state index contributed by atoms with van der Waals surface area (Å²) in [6, 6.07) is 22.8. The Hall–Kier alpha value is -3.57. The van der Waals surface area contributed by atoms with Crippen molar-refractivity contribution in [3.8, 4) is 11.1 Å². The van der Waals surface area contributed by atoms with Gasteiger partial charge in [-0.15, -0.1) is 0 Å². The highest BCUT2D eigenvalue weighted by Gasteiger charge is 2.12. The van der Waals surface area contributed by atoms with Gasteiger partial charge < -0.3 is 5.32 Å². The van der Waals surface area contributed by atoms with Crippen LogP contribution in [0.1, 0.15) is 28.8 Å². The highest BCUT2D eigenvalue weighted by atomic mass is 19.1. The van der Waals surface area contributed by atoms with Gasteiger partial charge in [0.15, 0.2) is 0 Å². The molecule has 1 radical (unpaired) electrons. The number of carbonyl (C=O) groups excluding carboxylic acids is 1. The van der Waals surface area contributed by atoms with E-state index in [0.29, 0.717) is 11.3 Å². The van der Waals surface area contributed by atoms with Crippen molar-refractivity contribution in [1.29, 1.82) is 0 Å². The minimum absolute atomic E-state index is 0.223. The van der Waals surface area contributed by atoms with E-state index in [1.54, 1.807) is 30.5 Å². The van der Waals surface area contributed by atoms with Gasteiger partial charge in [-0.3, -0.25) is 14.7 Å². The van der Waals surface area contributed by atoms with Crippen molar-refractivity contribution in [1.82, 2.24) is 9.88 Å². The number of benzene rings is 3. The van der Waals surface area contributed by atoms with E-state index in [-0.39, 0.29) is 11.7 Å². The smallest absolute Gasteiger partial charge is 0.255 e. The fourth-order valence-corrected chi connectivity index (χ4v) is 4.11. The van der Waals surface area contributed by atoms with Crippen LogP contribution in [0.25, 0.3) is 22.0 Å². The molecule has 5 rings (SSSR count). The first-order valence-corrected chi connectivity index (χ1v) is 10.8. The number of halogens is 1. The molecule has 159 valence electrons. The first kappa shape index (κ1) is 20.3. The van der Waals surface area contributed by atoms with Crippen LogP contribution < -0.4 is 5.32 Å². The summed E-state index contributed by atoms with van der Waals surface area (Å²) in [7, 11) is 0. The molecular weight excluding hydrogens is 401 g/mol. The van der Waals surface area contributed by atoms with Gasteiger partial charge in [-0.2, -0.15) is 0 Å². The van der Waals surface area contributed by atoms with Gasteiger partial charge >= 0.3 is 0 Å². The molecule has 1 aliphatic heterocycles. The zero-order valence-electron chi connectivity index (χ0n) is 17.6. The monoisotopic (exact) mass is 424 g/mol. The average molecular weight is 424 g/mol. The summed E-state index contributed by atoms with van der Waals surface area (Å²) >= 11 is 0. The Kier molecular flexibility index (Phi) is 5.65. The molecule has 1 aromatic heterocycles. The van der Waals surface area contributed by atoms with Crippen LogP contribution in [0, 0.1) is 11.9 Å². The zero-order chi connectivity index (χ0) is 21.9. The molecule has 0 unspecified atom stereocenters. The van der Waals surface area contributed by atoms with Gasteiger partial charge in [0, 0.05) is 17.5 Å². The maximum Gasteiger partial charge on any atom is 0.255 e. The molecule has 3 aromatic carbocycles. The molecular formula is C27H23FN3O. The first-order chi connectivity index (χ1) is 15.6. The summed E-state index contributed by atoms with van der Waals surface area (Å²) in [5.74, 6) is -0.504. The van der Waals surface area contributed by atoms with E-state index in [9.17, 15) is 9.18 Å². The average Bonchev–Trinajstić information content (AvgIpc) is 3.33. The number of fused-ring (bicyclic) bond motifs is 1. The molecule has 1 saturated heterocycles. The number of nitrogens with zero attached hydrogens (tertiary/aromatic N) is 2. The second kappa shape index (κ2) is 8.89. The number of carbonyl (C=O) groups is 1. The highest BCUT2D eigenvalue weighted by Crippen LogP contribution is 2.22. The van der Waals surface area contributed by atoms with Crippen LogP contribution in [0.4, 0.5) is 10.1 Å². The van der Waals surface area contributed by atoms with Gasteiger partial charge in [0.25, 0.3) is 5.91 Å². The minimum Gasteiger partial charge on any atom is -0.321 e. The molecule has 2 heterocycles. The van der Waals surface area contributed by atoms with Crippen LogP contribution in [-0.2, 0) is 6.54 Å². The Morgan fingerprint density at radius 2 is 1.84 bits per heavy atom. The number of amides is 1. The third-order valence-electron chi connectivity index (χ3n) is 5.84. The molecule has 0 atom stereocenters. The van der Waals surface area contributed by atoms with Crippen LogP contribution >= 0.6 is 0 Å². The number of hydrogen-bond donors (Lipinski definition) is 1. The van der Waals surface area contributed by atoms with Gasteiger partial charge in [-0.1, -0.05) is 30.3 Å². The Labute approximate surface area is 186 Å². The predicted octanol–water partition coefficient (Wildman–Crippen LogP) is 5.69. The predicted molar refractivity (Wildman–Crippen MR) is 125 cm³/mol. The van der Waals surface area contributed by atoms with Crippen LogP contribution in [0.5, 0.6) is 0 Å². The Morgan fingerprint density at radius 3 is 2.59 bits per heavy atom. The molecule has 1 fully saturated rings. The van der Waals surface area contributed by atoms with E-state index in [2.05, 4.69) is 39.5 Å². The summed E-state index contributed by atoms with van der Waals surface area (Å²) in [5.41, 5.74) is 4.99. The zero-order valence-corrected chi connectivity index (χ0v) is 17.6. The van der Waals surface area contributed by atoms with Crippen molar-refractivity contribution >= 4 is 22.5 Å². The second-order valence-electron chi connectivity index (χ2n) is 8.19.